The number of methoxy groups -OCH3 is 1. The molecule has 63 heavy (non-hydrogen) atoms. The van der Waals surface area contributed by atoms with Crippen LogP contribution in [0.15, 0.2) is 112 Å². The topological polar surface area (TPSA) is 228 Å². The van der Waals surface area contributed by atoms with Crippen LogP contribution in [0.25, 0.3) is 0 Å². The lowest BCUT2D eigenvalue weighted by Crippen LogP contribution is -2.57. The average Bonchev–Trinajstić information content (AvgIpc) is 3.78. The molecule has 0 spiro atoms. The molecule has 0 aliphatic carbocycles. The maximum Gasteiger partial charge on any atom is 0.264 e. The second kappa shape index (κ2) is 21.9. The van der Waals surface area contributed by atoms with Gasteiger partial charge in [-0.3, -0.25) is 19.4 Å². The number of carbonyl (C=O) groups excluding carboxylic acids is 3. The van der Waals surface area contributed by atoms with Crippen molar-refractivity contribution in [2.75, 3.05) is 13.7 Å². The first-order chi connectivity index (χ1) is 30.0. The molecule has 0 radical (unpaired) electrons. The van der Waals surface area contributed by atoms with Gasteiger partial charge in [-0.2, -0.15) is 0 Å². The summed E-state index contributed by atoms with van der Waals surface area (Å²) in [4.78, 5) is 50.8. The third kappa shape index (κ3) is 13.8. The molecule has 0 fully saturated rings. The van der Waals surface area contributed by atoms with Crippen LogP contribution in [0.2, 0.25) is 0 Å². The number of amides is 2. The van der Waals surface area contributed by atoms with Gasteiger partial charge in [-0.05, 0) is 86.4 Å². The van der Waals surface area contributed by atoms with Gasteiger partial charge in [-0.15, -0.1) is 11.3 Å². The van der Waals surface area contributed by atoms with Crippen molar-refractivity contribution in [2.45, 2.75) is 82.2 Å². The van der Waals surface area contributed by atoms with Gasteiger partial charge in [-0.1, -0.05) is 90.5 Å². The van der Waals surface area contributed by atoms with Crippen LogP contribution < -0.4 is 30.5 Å². The van der Waals surface area contributed by atoms with Crippen molar-refractivity contribution in [1.29, 1.82) is 0 Å². The summed E-state index contributed by atoms with van der Waals surface area (Å²) in [5.74, 6) is -2.09. The number of ether oxygens (including phenoxy) is 1. The van der Waals surface area contributed by atoms with E-state index >= 15 is 0 Å². The normalized spacial score (nSPS) is 13.4. The number of guanidine groups is 1. The van der Waals surface area contributed by atoms with Crippen LogP contribution in [0.4, 0.5) is 0 Å². The summed E-state index contributed by atoms with van der Waals surface area (Å²) < 4.78 is 64.0. The van der Waals surface area contributed by atoms with Crippen LogP contribution in [0.5, 0.6) is 5.75 Å². The Labute approximate surface area is 373 Å². The van der Waals surface area contributed by atoms with Crippen LogP contribution in [-0.2, 0) is 48.2 Å². The quantitative estimate of drug-likeness (QED) is 0.0298. The van der Waals surface area contributed by atoms with Gasteiger partial charge in [0.05, 0.1) is 23.8 Å². The number of Topliss-reactive ketones (excluding diaryl/α,β-unsaturated/α-hetero) is 1. The third-order valence-corrected chi connectivity index (χ3v) is 14.0. The highest BCUT2D eigenvalue weighted by atomic mass is 32.2. The van der Waals surface area contributed by atoms with Crippen LogP contribution in [0, 0.1) is 27.7 Å². The standard InChI is InChI=1S/C45H53N7O8S3/c1-29-14-12-19-35(24-29)27-37(50-43(55)38(26-33-15-8-6-9-16-33)51-62(56,57)28-34-17-10-7-11-18-34)42(54)49-36(40(53)44-47-22-23-61-44)20-13-21-48-45(46)52-63(58,59)41-30(2)25-39(60-5)31(3)32(41)4/h6-12,14-19,22-25,36-38,51H,13,20-21,26-28H2,1-5H3,(H,49,54)(H,50,55)(H3,46,48,52)/t36-,37-,38+/m0/s1. The van der Waals surface area contributed by atoms with Gasteiger partial charge in [0.1, 0.15) is 17.8 Å². The van der Waals surface area contributed by atoms with Crippen molar-refractivity contribution in [3.63, 3.8) is 0 Å². The molecule has 6 N–H and O–H groups in total. The first kappa shape index (κ1) is 48.1. The second-order valence-corrected chi connectivity index (χ2v) is 19.4. The number of aliphatic imine (C=N–C) groups is 1. The fraction of sp³-hybridized carbons (Fsp3) is 0.311. The average molecular weight is 916 g/mol. The molecular formula is C45H53N7O8S3. The van der Waals surface area contributed by atoms with Gasteiger partial charge in [0, 0.05) is 24.5 Å². The van der Waals surface area contributed by atoms with Gasteiger partial charge >= 0.3 is 0 Å². The number of hydrogen-bond donors (Lipinski definition) is 5. The molecule has 15 nitrogen and oxygen atoms in total. The number of aromatic nitrogens is 1. The Morgan fingerprint density at radius 3 is 2.03 bits per heavy atom. The lowest BCUT2D eigenvalue weighted by molar-refractivity contribution is -0.130. The van der Waals surface area contributed by atoms with Crippen molar-refractivity contribution in [3.8, 4) is 5.75 Å². The summed E-state index contributed by atoms with van der Waals surface area (Å²) in [7, 11) is -6.67. The molecule has 3 atom stereocenters. The minimum atomic E-state index is -4.13. The number of benzene rings is 4. The highest BCUT2D eigenvalue weighted by Gasteiger charge is 2.32. The minimum absolute atomic E-state index is 0.0105. The Morgan fingerprint density at radius 2 is 1.40 bits per heavy atom. The van der Waals surface area contributed by atoms with Crippen molar-refractivity contribution >= 4 is 54.9 Å². The SMILES string of the molecule is COc1cc(C)c(S(=O)(=O)NC(N)=NCCC[C@H](NC(=O)[C@H](Cc2cccc(C)c2)NC(=O)[C@@H](Cc2ccccc2)NS(=O)(=O)Cc2ccccc2)C(=O)c2nccs2)c(C)c1C. The van der Waals surface area contributed by atoms with E-state index in [0.29, 0.717) is 39.1 Å². The summed E-state index contributed by atoms with van der Waals surface area (Å²) in [6, 6.07) is 22.8. The second-order valence-electron chi connectivity index (χ2n) is 15.1. The largest absolute Gasteiger partial charge is 0.496 e. The number of hydrogen-bond acceptors (Lipinski definition) is 11. The van der Waals surface area contributed by atoms with E-state index in [2.05, 4.69) is 30.1 Å². The van der Waals surface area contributed by atoms with Crippen molar-refractivity contribution in [2.24, 2.45) is 10.7 Å². The number of thiazole rings is 1. The van der Waals surface area contributed by atoms with E-state index < -0.39 is 55.8 Å². The van der Waals surface area contributed by atoms with Crippen LogP contribution in [-0.4, -0.2) is 77.2 Å². The molecule has 0 aliphatic heterocycles. The molecular weight excluding hydrogens is 863 g/mol. The zero-order valence-corrected chi connectivity index (χ0v) is 38.2. The molecule has 0 saturated heterocycles. The molecule has 18 heteroatoms. The third-order valence-electron chi connectivity index (χ3n) is 10.2. The molecule has 4 aromatic carbocycles. The molecule has 0 bridgehead atoms. The van der Waals surface area contributed by atoms with Gasteiger partial charge in [-0.25, -0.2) is 31.3 Å². The van der Waals surface area contributed by atoms with Crippen LogP contribution >= 0.6 is 11.3 Å². The Bertz CT molecular complexity index is 2630. The number of nitrogens with two attached hydrogens (primary N) is 1. The van der Waals surface area contributed by atoms with E-state index in [0.717, 1.165) is 16.9 Å². The minimum Gasteiger partial charge on any atom is -0.496 e. The van der Waals surface area contributed by atoms with E-state index in [-0.39, 0.29) is 53.8 Å². The molecule has 0 aliphatic rings. The van der Waals surface area contributed by atoms with E-state index in [1.54, 1.807) is 98.9 Å². The van der Waals surface area contributed by atoms with Gasteiger partial charge in [0.2, 0.25) is 33.6 Å². The molecule has 0 saturated carbocycles. The Balaban J connectivity index is 1.36. The van der Waals surface area contributed by atoms with E-state index in [1.165, 1.54) is 13.3 Å². The summed E-state index contributed by atoms with van der Waals surface area (Å²) in [6.45, 7) is 6.96. The highest BCUT2D eigenvalue weighted by Crippen LogP contribution is 2.30. The highest BCUT2D eigenvalue weighted by molar-refractivity contribution is 7.90. The maximum atomic E-state index is 14.3. The first-order valence-corrected chi connectivity index (χ1v) is 24.1. The van der Waals surface area contributed by atoms with Crippen molar-refractivity contribution < 1.29 is 36.0 Å². The maximum absolute atomic E-state index is 14.3. The zero-order chi connectivity index (χ0) is 45.7. The van der Waals surface area contributed by atoms with E-state index in [9.17, 15) is 31.2 Å². The molecule has 5 rings (SSSR count). The Hall–Kier alpha value is -5.95. The predicted molar refractivity (Wildman–Crippen MR) is 245 cm³/mol. The van der Waals surface area contributed by atoms with Gasteiger partial charge < -0.3 is 21.1 Å². The number of aryl methyl sites for hydroxylation is 2. The zero-order valence-electron chi connectivity index (χ0n) is 35.8. The first-order valence-electron chi connectivity index (χ1n) is 20.1. The number of sulfonamides is 2. The number of nitrogens with zero attached hydrogens (tertiary/aromatic N) is 2. The summed E-state index contributed by atoms with van der Waals surface area (Å²) in [5.41, 5.74) is 10.5. The number of rotatable bonds is 21. The Kier molecular flexibility index (Phi) is 16.7. The number of nitrogens with one attached hydrogen (secondary N) is 4. The van der Waals surface area contributed by atoms with Gasteiger partial charge in [0.15, 0.2) is 5.01 Å². The molecule has 5 aromatic rings. The fourth-order valence-corrected chi connectivity index (χ4v) is 10.5. The summed E-state index contributed by atoms with van der Waals surface area (Å²) in [6.07, 6.45) is 1.70. The smallest absolute Gasteiger partial charge is 0.264 e. The number of ketones is 1. The lowest BCUT2D eigenvalue weighted by Gasteiger charge is -2.25. The molecule has 334 valence electrons. The number of carbonyl (C=O) groups is 3. The summed E-state index contributed by atoms with van der Waals surface area (Å²) in [5, 5.41) is 7.38. The predicted octanol–water partition coefficient (Wildman–Crippen LogP) is 4.58. The molecule has 1 aromatic heterocycles. The van der Waals surface area contributed by atoms with Gasteiger partial charge in [0.25, 0.3) is 10.0 Å². The van der Waals surface area contributed by atoms with Crippen molar-refractivity contribution in [1.82, 2.24) is 25.1 Å². The van der Waals surface area contributed by atoms with E-state index in [4.69, 9.17) is 10.5 Å². The van der Waals surface area contributed by atoms with Crippen LogP contribution in [0.3, 0.4) is 0 Å². The molecule has 0 unspecified atom stereocenters. The Morgan fingerprint density at radius 1 is 0.778 bits per heavy atom. The van der Waals surface area contributed by atoms with E-state index in [1.807, 2.05) is 25.1 Å². The monoisotopic (exact) mass is 915 g/mol. The lowest BCUT2D eigenvalue weighted by atomic mass is 10.0. The molecule has 2 amide bonds. The molecule has 1 heterocycles. The fourth-order valence-electron chi connectivity index (χ4n) is 7.04. The summed E-state index contributed by atoms with van der Waals surface area (Å²) >= 11 is 1.10. The van der Waals surface area contributed by atoms with Crippen LogP contribution in [0.1, 0.15) is 61.6 Å². The van der Waals surface area contributed by atoms with Crippen molar-refractivity contribution in [3.05, 3.63) is 147 Å².